The van der Waals surface area contributed by atoms with Gasteiger partial charge in [0.25, 0.3) is 0 Å². The van der Waals surface area contributed by atoms with E-state index in [1.807, 2.05) is 0 Å². The molecule has 0 saturated heterocycles. The number of hydrogen-bond acceptors (Lipinski definition) is 1. The first-order valence-electron chi connectivity index (χ1n) is 23.7. The van der Waals surface area contributed by atoms with Crippen molar-refractivity contribution in [3.63, 3.8) is 0 Å². The van der Waals surface area contributed by atoms with Gasteiger partial charge in [0.05, 0.1) is 5.41 Å². The molecule has 0 aromatic heterocycles. The molecule has 2 aliphatic rings. The Morgan fingerprint density at radius 3 is 1.35 bits per heavy atom. The molecule has 11 aromatic rings. The van der Waals surface area contributed by atoms with E-state index in [0.29, 0.717) is 0 Å². The fourth-order valence-electron chi connectivity index (χ4n) is 11.8. The summed E-state index contributed by atoms with van der Waals surface area (Å²) >= 11 is 0. The highest BCUT2D eigenvalue weighted by Crippen LogP contribution is 2.58. The third-order valence-corrected chi connectivity index (χ3v) is 15.1. The number of nitrogens with zero attached hydrogens (tertiary/aromatic N) is 1. The average Bonchev–Trinajstić information content (AvgIpc) is 3.86. The first kappa shape index (κ1) is 39.8. The van der Waals surface area contributed by atoms with Crippen molar-refractivity contribution in [2.75, 3.05) is 4.90 Å². The lowest BCUT2D eigenvalue weighted by Crippen LogP contribution is -2.28. The second-order valence-corrected chi connectivity index (χ2v) is 18.5. The third-order valence-electron chi connectivity index (χ3n) is 15.1. The lowest BCUT2D eigenvalue weighted by atomic mass is 9.67. The van der Waals surface area contributed by atoms with E-state index in [1.54, 1.807) is 0 Å². The number of fused-ring (bicyclic) bond motifs is 7. The summed E-state index contributed by atoms with van der Waals surface area (Å²) in [4.78, 5) is 2.48. The maximum Gasteiger partial charge on any atom is 0.0714 e. The van der Waals surface area contributed by atoms with Gasteiger partial charge in [-0.1, -0.05) is 231 Å². The van der Waals surface area contributed by atoms with Gasteiger partial charge in [0.2, 0.25) is 0 Å². The molecule has 0 saturated carbocycles. The van der Waals surface area contributed by atoms with Crippen LogP contribution in [0.25, 0.3) is 55.3 Å². The molecular weight excluding hydrogens is 819 g/mol. The topological polar surface area (TPSA) is 3.24 Å². The molecule has 1 nitrogen and oxygen atoms in total. The Morgan fingerprint density at radius 2 is 0.706 bits per heavy atom. The highest BCUT2D eigenvalue weighted by molar-refractivity contribution is 5.97. The molecule has 13 rings (SSSR count). The van der Waals surface area contributed by atoms with Gasteiger partial charge in [-0.15, -0.1) is 0 Å². The molecule has 68 heavy (non-hydrogen) atoms. The first-order valence-corrected chi connectivity index (χ1v) is 23.7. The standard InChI is InChI=1S/C67H47N/c1-66(50-20-5-2-6-21-50)62-30-15-13-27-58(62)60-42-40-54(44-64(60)66)68(53-38-36-47(37-39-53)46-32-34-49(35-33-46)57-29-17-19-48-18-11-12-26-56(48)57)55-41-43-61-59-28-14-16-31-63(59)67(65(61)45-55,51-22-7-3-8-23-51)52-24-9-4-10-25-52/h2-45H,1H3. The molecule has 1 unspecified atom stereocenters. The van der Waals surface area contributed by atoms with E-state index in [9.17, 15) is 0 Å². The Bertz CT molecular complexity index is 3620. The van der Waals surface area contributed by atoms with Crippen LogP contribution in [0.4, 0.5) is 17.1 Å². The largest absolute Gasteiger partial charge is 0.310 e. The van der Waals surface area contributed by atoms with E-state index in [2.05, 4.69) is 279 Å². The number of anilines is 3. The van der Waals surface area contributed by atoms with Gasteiger partial charge >= 0.3 is 0 Å². The molecule has 320 valence electrons. The van der Waals surface area contributed by atoms with Crippen molar-refractivity contribution < 1.29 is 0 Å². The molecule has 0 aliphatic heterocycles. The van der Waals surface area contributed by atoms with Gasteiger partial charge in [-0.25, -0.2) is 0 Å². The second kappa shape index (κ2) is 15.8. The van der Waals surface area contributed by atoms with Crippen molar-refractivity contribution in [2.24, 2.45) is 0 Å². The van der Waals surface area contributed by atoms with E-state index in [-0.39, 0.29) is 5.41 Å². The molecule has 0 heterocycles. The normalized spacial score (nSPS) is 15.0. The molecule has 11 aromatic carbocycles. The van der Waals surface area contributed by atoms with Crippen LogP contribution in [-0.4, -0.2) is 0 Å². The van der Waals surface area contributed by atoms with Crippen LogP contribution in [0.15, 0.2) is 267 Å². The molecule has 0 fully saturated rings. The molecular formula is C67H47N. The minimum atomic E-state index is -0.524. The molecule has 1 heteroatoms. The maximum absolute atomic E-state index is 2.48. The zero-order chi connectivity index (χ0) is 45.2. The SMILES string of the molecule is CC1(c2ccccc2)c2ccccc2-c2ccc(N(c3ccc(-c4ccc(-c5cccc6ccccc56)cc4)cc3)c3ccc4c(c3)C(c3ccccc3)(c3ccccc3)c3ccccc3-4)cc21. The van der Waals surface area contributed by atoms with E-state index >= 15 is 0 Å². The van der Waals surface area contributed by atoms with Gasteiger partial charge in [-0.3, -0.25) is 0 Å². The van der Waals surface area contributed by atoms with Crippen LogP contribution in [0.1, 0.15) is 45.9 Å². The van der Waals surface area contributed by atoms with Gasteiger partial charge in [0, 0.05) is 22.5 Å². The smallest absolute Gasteiger partial charge is 0.0714 e. The fourth-order valence-corrected chi connectivity index (χ4v) is 11.8. The third kappa shape index (κ3) is 6.02. The Kier molecular flexibility index (Phi) is 9.27. The van der Waals surface area contributed by atoms with Crippen LogP contribution < -0.4 is 4.90 Å². The van der Waals surface area contributed by atoms with Crippen molar-refractivity contribution in [1.82, 2.24) is 0 Å². The number of hydrogen-bond donors (Lipinski definition) is 0. The van der Waals surface area contributed by atoms with Crippen LogP contribution in [-0.2, 0) is 10.8 Å². The minimum absolute atomic E-state index is 0.341. The highest BCUT2D eigenvalue weighted by Gasteiger charge is 2.46. The summed E-state index contributed by atoms with van der Waals surface area (Å²) in [5.74, 6) is 0. The molecule has 0 radical (unpaired) electrons. The zero-order valence-electron chi connectivity index (χ0n) is 37.9. The fraction of sp³-hybridized carbons (Fsp3) is 0.0448. The van der Waals surface area contributed by atoms with Gasteiger partial charge in [0.15, 0.2) is 0 Å². The molecule has 0 bridgehead atoms. The van der Waals surface area contributed by atoms with Crippen LogP contribution in [0.2, 0.25) is 0 Å². The summed E-state index contributed by atoms with van der Waals surface area (Å²) in [7, 11) is 0. The number of rotatable bonds is 8. The monoisotopic (exact) mass is 865 g/mol. The van der Waals surface area contributed by atoms with E-state index in [0.717, 1.165) is 17.1 Å². The van der Waals surface area contributed by atoms with Crippen molar-refractivity contribution in [1.29, 1.82) is 0 Å². The summed E-state index contributed by atoms with van der Waals surface area (Å²) in [6.45, 7) is 2.40. The minimum Gasteiger partial charge on any atom is -0.310 e. The Balaban J connectivity index is 0.990. The number of benzene rings is 11. The summed E-state index contributed by atoms with van der Waals surface area (Å²) in [6.07, 6.45) is 0. The summed E-state index contributed by atoms with van der Waals surface area (Å²) in [5, 5.41) is 2.53. The van der Waals surface area contributed by atoms with E-state index < -0.39 is 5.41 Å². The lowest BCUT2D eigenvalue weighted by Gasteiger charge is -2.35. The van der Waals surface area contributed by atoms with Crippen molar-refractivity contribution in [3.05, 3.63) is 306 Å². The van der Waals surface area contributed by atoms with Gasteiger partial charge in [-0.05, 0) is 138 Å². The Morgan fingerprint density at radius 1 is 0.279 bits per heavy atom. The molecule has 0 spiro atoms. The molecule has 2 aliphatic carbocycles. The average molecular weight is 866 g/mol. The lowest BCUT2D eigenvalue weighted by molar-refractivity contribution is 0.714. The Hall–Kier alpha value is -8.52. The van der Waals surface area contributed by atoms with Crippen molar-refractivity contribution >= 4 is 27.8 Å². The van der Waals surface area contributed by atoms with Gasteiger partial charge in [-0.2, -0.15) is 0 Å². The highest BCUT2D eigenvalue weighted by atomic mass is 15.1. The van der Waals surface area contributed by atoms with E-state index in [4.69, 9.17) is 0 Å². The molecule has 1 atom stereocenters. The van der Waals surface area contributed by atoms with Crippen molar-refractivity contribution in [3.8, 4) is 44.5 Å². The first-order chi connectivity index (χ1) is 33.6. The van der Waals surface area contributed by atoms with Gasteiger partial charge < -0.3 is 4.90 Å². The quantitative estimate of drug-likeness (QED) is 0.147. The van der Waals surface area contributed by atoms with Crippen LogP contribution in [0, 0.1) is 0 Å². The predicted octanol–water partition coefficient (Wildman–Crippen LogP) is 17.3. The Labute approximate surface area is 398 Å². The summed E-state index contributed by atoms with van der Waals surface area (Å²) in [6, 6.07) is 99.0. The summed E-state index contributed by atoms with van der Waals surface area (Å²) < 4.78 is 0. The maximum atomic E-state index is 2.48. The van der Waals surface area contributed by atoms with Gasteiger partial charge in [0.1, 0.15) is 0 Å². The summed E-state index contributed by atoms with van der Waals surface area (Å²) in [5.41, 5.74) is 21.5. The molecule has 0 N–H and O–H groups in total. The van der Waals surface area contributed by atoms with E-state index in [1.165, 1.54) is 94.2 Å². The predicted molar refractivity (Wildman–Crippen MR) is 284 cm³/mol. The van der Waals surface area contributed by atoms with Crippen molar-refractivity contribution in [2.45, 2.75) is 17.8 Å². The molecule has 0 amide bonds. The van der Waals surface area contributed by atoms with Crippen LogP contribution in [0.5, 0.6) is 0 Å². The van der Waals surface area contributed by atoms with Crippen LogP contribution in [0.3, 0.4) is 0 Å². The zero-order valence-corrected chi connectivity index (χ0v) is 37.9. The van der Waals surface area contributed by atoms with Crippen LogP contribution >= 0.6 is 0 Å². The second-order valence-electron chi connectivity index (χ2n) is 18.5.